The number of ether oxygens (including phenoxy) is 1. The van der Waals surface area contributed by atoms with E-state index >= 15 is 0 Å². The second-order valence-electron chi connectivity index (χ2n) is 24.3. The summed E-state index contributed by atoms with van der Waals surface area (Å²) in [7, 11) is 1.46. The van der Waals surface area contributed by atoms with Gasteiger partial charge >= 0.3 is 13.8 Å². The van der Waals surface area contributed by atoms with Gasteiger partial charge in [0.15, 0.2) is 0 Å². The molecule has 0 radical (unpaired) electrons. The number of likely N-dealkylation sites (N-methyl/N-ethyl adjacent to an activating group) is 1. The molecule has 0 aliphatic rings. The maximum atomic E-state index is 13.6. The maximum Gasteiger partial charge on any atom is 0.472 e. The van der Waals surface area contributed by atoms with Crippen LogP contribution in [0, 0.1) is 0 Å². The normalized spacial score (nSPS) is 14.4. The van der Waals surface area contributed by atoms with Crippen LogP contribution in [-0.2, 0) is 27.9 Å². The molecule has 0 aliphatic carbocycles. The molecule has 1 amide bonds. The lowest BCUT2D eigenvalue weighted by Gasteiger charge is -2.27. The number of hydrogen-bond donors (Lipinski definition) is 2. The average molecular weight is 1230 g/mol. The fourth-order valence-corrected chi connectivity index (χ4v) is 10.2. The van der Waals surface area contributed by atoms with Crippen molar-refractivity contribution in [1.82, 2.24) is 5.32 Å². The van der Waals surface area contributed by atoms with Crippen molar-refractivity contribution < 1.29 is 37.3 Å². The van der Waals surface area contributed by atoms with Gasteiger partial charge in [-0.25, -0.2) is 4.57 Å². The Morgan fingerprint density at radius 3 is 1.10 bits per heavy atom. The molecule has 0 saturated carbocycles. The van der Waals surface area contributed by atoms with Crippen molar-refractivity contribution in [2.75, 3.05) is 40.9 Å². The number of carbonyl (C=O) groups excluding carboxylic acids is 2. The molecule has 9 nitrogen and oxygen atoms in total. The molecule has 0 spiro atoms. The lowest BCUT2D eigenvalue weighted by atomic mass is 10.0. The van der Waals surface area contributed by atoms with Crippen molar-refractivity contribution in [3.05, 3.63) is 146 Å². The smallest absolute Gasteiger partial charge is 0.456 e. The number of carbonyl (C=O) groups is 2. The number of amides is 1. The minimum Gasteiger partial charge on any atom is -0.456 e. The minimum atomic E-state index is -4.47. The van der Waals surface area contributed by atoms with Crippen molar-refractivity contribution in [2.24, 2.45) is 0 Å². The molecule has 10 heteroatoms. The molecule has 0 aromatic carbocycles. The number of nitrogens with one attached hydrogen (secondary N) is 1. The molecule has 0 aliphatic heterocycles. The van der Waals surface area contributed by atoms with Gasteiger partial charge in [0.1, 0.15) is 19.3 Å². The van der Waals surface area contributed by atoms with Gasteiger partial charge in [-0.1, -0.05) is 283 Å². The summed E-state index contributed by atoms with van der Waals surface area (Å²) >= 11 is 0. The topological polar surface area (TPSA) is 111 Å². The van der Waals surface area contributed by atoms with Crippen molar-refractivity contribution >= 4 is 19.7 Å². The Morgan fingerprint density at radius 1 is 0.414 bits per heavy atom. The predicted molar refractivity (Wildman–Crippen MR) is 378 cm³/mol. The van der Waals surface area contributed by atoms with Crippen LogP contribution in [-0.4, -0.2) is 74.3 Å². The van der Waals surface area contributed by atoms with Crippen LogP contribution in [0.3, 0.4) is 0 Å². The fraction of sp³-hybridized carbons (Fsp3) is 0.662. The Balaban J connectivity index is 5.11. The van der Waals surface area contributed by atoms with Crippen LogP contribution in [0.5, 0.6) is 0 Å². The van der Waals surface area contributed by atoms with Gasteiger partial charge in [-0.05, 0) is 128 Å². The first-order valence-corrected chi connectivity index (χ1v) is 36.7. The molecular formula is C77H132N2O7P+. The average Bonchev–Trinajstić information content (AvgIpc) is 3.70. The van der Waals surface area contributed by atoms with Crippen LogP contribution < -0.4 is 5.32 Å². The Hall–Kier alpha value is -4.11. The number of hydrogen-bond acceptors (Lipinski definition) is 6. The zero-order valence-corrected chi connectivity index (χ0v) is 57.6. The summed E-state index contributed by atoms with van der Waals surface area (Å²) in [5, 5.41) is 3.05. The third-order valence-electron chi connectivity index (χ3n) is 14.8. The zero-order chi connectivity index (χ0) is 63.5. The van der Waals surface area contributed by atoms with Gasteiger partial charge in [0, 0.05) is 12.8 Å². The first-order valence-electron chi connectivity index (χ1n) is 35.2. The highest BCUT2D eigenvalue weighted by Crippen LogP contribution is 2.43. The van der Waals surface area contributed by atoms with Crippen molar-refractivity contribution in [1.29, 1.82) is 0 Å². The molecule has 0 heterocycles. The van der Waals surface area contributed by atoms with Crippen molar-refractivity contribution in [3.8, 4) is 0 Å². The summed E-state index contributed by atoms with van der Waals surface area (Å²) in [4.78, 5) is 37.9. The number of phosphoric acid groups is 1. The lowest BCUT2D eigenvalue weighted by molar-refractivity contribution is -0.870. The van der Waals surface area contributed by atoms with E-state index in [1.807, 2.05) is 33.3 Å². The summed E-state index contributed by atoms with van der Waals surface area (Å²) in [6.45, 7) is 6.76. The quantitative estimate of drug-likeness (QED) is 0.0205. The monoisotopic (exact) mass is 1230 g/mol. The standard InChI is InChI=1S/C77H131N2O7P/c1-7-10-13-16-19-22-25-27-29-31-33-35-37-39-41-43-45-47-49-51-54-57-60-63-66-69-76(80)78-74(73-85-87(82,83)84-72-71-79(4,5)6)75(68-65-62-59-56-53-24-21-18-15-12-9-3)86-77(81)70-67-64-61-58-55-52-50-48-46-44-42-40-38-36-34-32-30-28-26-23-20-17-14-11-8-2/h10-11,13-14,19-20,22-23,27-30,33-36,39-42,45,47,65,68,74-75H,7-9,12,15-18,21,24-26,31-32,37-38,43-44,46,48-64,66-67,69-73H2,1-6H3,(H-,78,80,82,83)/p+1/b13-10-,14-11-,22-19-,23-20-,29-27-,30-28-,35-33-,36-34-,41-39-,42-40-,47-45-,68-65+. The molecule has 0 saturated heterocycles. The Morgan fingerprint density at radius 2 is 0.736 bits per heavy atom. The van der Waals surface area contributed by atoms with E-state index < -0.39 is 20.0 Å². The second-order valence-corrected chi connectivity index (χ2v) is 25.7. The molecule has 0 bridgehead atoms. The van der Waals surface area contributed by atoms with E-state index in [1.54, 1.807) is 0 Å². The van der Waals surface area contributed by atoms with Gasteiger partial charge in [-0.3, -0.25) is 18.6 Å². The van der Waals surface area contributed by atoms with Crippen molar-refractivity contribution in [3.63, 3.8) is 0 Å². The van der Waals surface area contributed by atoms with Gasteiger partial charge in [0.2, 0.25) is 5.91 Å². The highest BCUT2D eigenvalue weighted by Gasteiger charge is 2.30. The molecule has 87 heavy (non-hydrogen) atoms. The van der Waals surface area contributed by atoms with Gasteiger partial charge in [-0.15, -0.1) is 0 Å². The van der Waals surface area contributed by atoms with Crippen LogP contribution in [0.15, 0.2) is 146 Å². The summed E-state index contributed by atoms with van der Waals surface area (Å²) in [5.74, 6) is -0.537. The van der Waals surface area contributed by atoms with Gasteiger partial charge in [0.05, 0.1) is 33.8 Å². The Bertz CT molecular complexity index is 2000. The summed E-state index contributed by atoms with van der Waals surface area (Å²) in [6.07, 6.45) is 94.3. The maximum absolute atomic E-state index is 13.6. The third kappa shape index (κ3) is 66.1. The van der Waals surface area contributed by atoms with Crippen LogP contribution in [0.2, 0.25) is 0 Å². The van der Waals surface area contributed by atoms with E-state index in [0.717, 1.165) is 167 Å². The Labute approximate surface area is 536 Å². The Kier molecular flexibility index (Phi) is 61.8. The highest BCUT2D eigenvalue weighted by atomic mass is 31.2. The predicted octanol–water partition coefficient (Wildman–Crippen LogP) is 22.6. The first kappa shape index (κ1) is 82.9. The number of phosphoric ester groups is 1. The molecule has 2 N–H and O–H groups in total. The zero-order valence-electron chi connectivity index (χ0n) is 56.7. The van der Waals surface area contributed by atoms with Crippen molar-refractivity contribution in [2.45, 2.75) is 290 Å². The minimum absolute atomic E-state index is 0.0281. The van der Waals surface area contributed by atoms with Crippen LogP contribution in [0.25, 0.3) is 0 Å². The van der Waals surface area contributed by atoms with Crippen LogP contribution >= 0.6 is 7.82 Å². The first-order chi connectivity index (χ1) is 42.4. The summed E-state index contributed by atoms with van der Waals surface area (Å²) < 4.78 is 30.8. The summed E-state index contributed by atoms with van der Waals surface area (Å²) in [5.41, 5.74) is 0. The second kappa shape index (κ2) is 64.9. The number of quaternary nitrogens is 1. The van der Waals surface area contributed by atoms with Gasteiger partial charge in [0.25, 0.3) is 0 Å². The molecule has 0 fully saturated rings. The van der Waals surface area contributed by atoms with E-state index in [2.05, 4.69) is 160 Å². The number of esters is 1. The summed E-state index contributed by atoms with van der Waals surface area (Å²) in [6, 6.07) is -0.871. The molecule has 3 atom stereocenters. The number of nitrogens with zero attached hydrogens (tertiary/aromatic N) is 1. The highest BCUT2D eigenvalue weighted by molar-refractivity contribution is 7.47. The molecular weight excluding hydrogens is 1100 g/mol. The third-order valence-corrected chi connectivity index (χ3v) is 15.8. The lowest BCUT2D eigenvalue weighted by Crippen LogP contribution is -2.47. The van der Waals surface area contributed by atoms with E-state index in [4.69, 9.17) is 13.8 Å². The molecule has 0 aromatic heterocycles. The molecule has 496 valence electrons. The van der Waals surface area contributed by atoms with Gasteiger partial charge in [-0.2, -0.15) is 0 Å². The number of rotatable bonds is 62. The molecule has 0 aromatic rings. The van der Waals surface area contributed by atoms with E-state index in [9.17, 15) is 19.0 Å². The SMILES string of the molecule is CC/C=C\C/C=C\C/C=C\C/C=C\C/C=C\C/C=C\CCCCCCCCC(=O)NC(COP(=O)(O)OCC[N+](C)(C)C)C(/C=C/CCCCCCCCCCC)OC(=O)CCCCCCCCCCC/C=C\C/C=C\C/C=C\C/C=C\C/C=C\CC. The van der Waals surface area contributed by atoms with E-state index in [0.29, 0.717) is 17.4 Å². The largest absolute Gasteiger partial charge is 0.472 e. The fourth-order valence-electron chi connectivity index (χ4n) is 9.44. The van der Waals surface area contributed by atoms with Gasteiger partial charge < -0.3 is 19.4 Å². The van der Waals surface area contributed by atoms with Crippen LogP contribution in [0.1, 0.15) is 278 Å². The van der Waals surface area contributed by atoms with E-state index in [1.165, 1.54) is 77.0 Å². The molecule has 0 rings (SSSR count). The van der Waals surface area contributed by atoms with Crippen LogP contribution in [0.4, 0.5) is 0 Å². The molecule has 3 unspecified atom stereocenters. The van der Waals surface area contributed by atoms with E-state index in [-0.39, 0.29) is 31.5 Å². The number of allylic oxidation sites excluding steroid dienone is 23. The number of unbranched alkanes of at least 4 members (excludes halogenated alkanes) is 24.